The van der Waals surface area contributed by atoms with Gasteiger partial charge in [0.1, 0.15) is 6.61 Å². The molecule has 168 valence electrons. The van der Waals surface area contributed by atoms with Crippen LogP contribution in [0.3, 0.4) is 0 Å². The fourth-order valence-corrected chi connectivity index (χ4v) is 4.41. The maximum absolute atomic E-state index is 12.8. The number of benzene rings is 1. The molecule has 2 rings (SSSR count). The number of carbonyl (C=O) groups excluding carboxylic acids is 1. The standard InChI is InChI=1S/C24H38N2O3S/c1-5-6-8-15-21(25-30(28)24(2,3)4)18-22-16-11-12-17-26(22)23(27)29-19-20-13-9-7-10-14-20/h6-10,13-14,21-22,25H,5,11-12,15-19H2,1-4H3/b8-6+/t21-,22-,30+/m1/s1. The van der Waals surface area contributed by atoms with Gasteiger partial charge in [0.05, 0.1) is 15.7 Å². The summed E-state index contributed by atoms with van der Waals surface area (Å²) in [5.74, 6) is 0. The van der Waals surface area contributed by atoms with Crippen molar-refractivity contribution in [3.8, 4) is 0 Å². The highest BCUT2D eigenvalue weighted by molar-refractivity contribution is 7.84. The molecule has 1 aliphatic rings. The van der Waals surface area contributed by atoms with E-state index < -0.39 is 11.0 Å². The summed E-state index contributed by atoms with van der Waals surface area (Å²) in [7, 11) is -1.15. The number of hydrogen-bond acceptors (Lipinski definition) is 3. The highest BCUT2D eigenvalue weighted by atomic mass is 32.2. The van der Waals surface area contributed by atoms with Gasteiger partial charge in [0.25, 0.3) is 0 Å². The van der Waals surface area contributed by atoms with Crippen LogP contribution >= 0.6 is 0 Å². The Bertz CT molecular complexity index is 700. The van der Waals surface area contributed by atoms with E-state index in [2.05, 4.69) is 23.8 Å². The summed E-state index contributed by atoms with van der Waals surface area (Å²) < 4.78 is 21.3. The molecule has 6 heteroatoms. The molecule has 1 heterocycles. The highest BCUT2D eigenvalue weighted by Crippen LogP contribution is 2.24. The third-order valence-corrected chi connectivity index (χ3v) is 6.94. The summed E-state index contributed by atoms with van der Waals surface area (Å²) in [4.78, 5) is 14.7. The van der Waals surface area contributed by atoms with Gasteiger partial charge in [0, 0.05) is 18.6 Å². The molecular formula is C24H38N2O3S. The molecule has 0 aliphatic carbocycles. The molecule has 1 saturated heterocycles. The fourth-order valence-electron chi connectivity index (χ4n) is 3.56. The molecule has 0 unspecified atom stereocenters. The van der Waals surface area contributed by atoms with Crippen LogP contribution in [0.5, 0.6) is 0 Å². The topological polar surface area (TPSA) is 58.6 Å². The molecule has 0 radical (unpaired) electrons. The van der Waals surface area contributed by atoms with Gasteiger partial charge in [0.2, 0.25) is 0 Å². The average Bonchev–Trinajstić information content (AvgIpc) is 2.72. The molecule has 5 nitrogen and oxygen atoms in total. The van der Waals surface area contributed by atoms with Crippen LogP contribution in [0.2, 0.25) is 0 Å². The van der Waals surface area contributed by atoms with E-state index in [0.717, 1.165) is 50.6 Å². The largest absolute Gasteiger partial charge is 0.445 e. The van der Waals surface area contributed by atoms with Crippen molar-refractivity contribution in [2.24, 2.45) is 0 Å². The number of ether oxygens (including phenoxy) is 1. The van der Waals surface area contributed by atoms with Crippen LogP contribution in [0.4, 0.5) is 4.79 Å². The quantitative estimate of drug-likeness (QED) is 0.533. The van der Waals surface area contributed by atoms with Gasteiger partial charge in [0.15, 0.2) is 0 Å². The highest BCUT2D eigenvalue weighted by Gasteiger charge is 2.31. The molecule has 0 aromatic heterocycles. The Kier molecular flexibility index (Phi) is 10.1. The second-order valence-electron chi connectivity index (χ2n) is 8.93. The van der Waals surface area contributed by atoms with E-state index in [-0.39, 0.29) is 29.5 Å². The number of nitrogens with one attached hydrogen (secondary N) is 1. The van der Waals surface area contributed by atoms with Gasteiger partial charge in [-0.15, -0.1) is 0 Å². The Morgan fingerprint density at radius 3 is 2.67 bits per heavy atom. The molecule has 1 aromatic rings. The zero-order valence-electron chi connectivity index (χ0n) is 18.9. The number of amides is 1. The smallest absolute Gasteiger partial charge is 0.410 e. The summed E-state index contributed by atoms with van der Waals surface area (Å²) in [6.07, 6.45) is 9.67. The van der Waals surface area contributed by atoms with Crippen LogP contribution in [0.25, 0.3) is 0 Å². The van der Waals surface area contributed by atoms with Gasteiger partial charge >= 0.3 is 6.09 Å². The van der Waals surface area contributed by atoms with Crippen LogP contribution in [-0.2, 0) is 22.3 Å². The van der Waals surface area contributed by atoms with Crippen molar-refractivity contribution in [1.29, 1.82) is 0 Å². The van der Waals surface area contributed by atoms with Crippen molar-refractivity contribution < 1.29 is 13.7 Å². The van der Waals surface area contributed by atoms with Crippen LogP contribution in [-0.4, -0.2) is 38.6 Å². The number of carbonyl (C=O) groups is 1. The van der Waals surface area contributed by atoms with Crippen LogP contribution in [0, 0.1) is 0 Å². The van der Waals surface area contributed by atoms with E-state index in [1.165, 1.54) is 0 Å². The van der Waals surface area contributed by atoms with Crippen molar-refractivity contribution in [2.45, 2.75) is 89.7 Å². The maximum atomic E-state index is 12.8. The van der Waals surface area contributed by atoms with Gasteiger partial charge in [-0.2, -0.15) is 0 Å². The lowest BCUT2D eigenvalue weighted by molar-refractivity contribution is 0.0640. The Balaban J connectivity index is 2.02. The molecule has 3 atom stereocenters. The van der Waals surface area contributed by atoms with Gasteiger partial charge in [-0.05, 0) is 64.9 Å². The van der Waals surface area contributed by atoms with E-state index in [1.54, 1.807) is 0 Å². The van der Waals surface area contributed by atoms with Crippen molar-refractivity contribution in [3.63, 3.8) is 0 Å². The predicted molar refractivity (Wildman–Crippen MR) is 124 cm³/mol. The van der Waals surface area contributed by atoms with Gasteiger partial charge in [-0.1, -0.05) is 49.4 Å². The molecule has 1 fully saturated rings. The fraction of sp³-hybridized carbons (Fsp3) is 0.625. The lowest BCUT2D eigenvalue weighted by Crippen LogP contribution is -2.48. The van der Waals surface area contributed by atoms with Crippen LogP contribution in [0.1, 0.15) is 71.8 Å². The third-order valence-electron chi connectivity index (χ3n) is 5.28. The normalized spacial score (nSPS) is 19.6. The monoisotopic (exact) mass is 434 g/mol. The lowest BCUT2D eigenvalue weighted by atomic mass is 9.95. The van der Waals surface area contributed by atoms with Crippen LogP contribution < -0.4 is 4.72 Å². The number of rotatable bonds is 9. The zero-order valence-corrected chi connectivity index (χ0v) is 19.7. The summed E-state index contributed by atoms with van der Waals surface area (Å²) in [5.41, 5.74) is 0.990. The summed E-state index contributed by atoms with van der Waals surface area (Å²) >= 11 is 0. The first-order valence-electron chi connectivity index (χ1n) is 11.1. The zero-order chi connectivity index (χ0) is 22.0. The predicted octanol–water partition coefficient (Wildman–Crippen LogP) is 5.34. The van der Waals surface area contributed by atoms with E-state index in [0.29, 0.717) is 0 Å². The Hall–Kier alpha value is -1.66. The third kappa shape index (κ3) is 8.23. The molecule has 0 spiro atoms. The van der Waals surface area contributed by atoms with Crippen molar-refractivity contribution in [2.75, 3.05) is 6.54 Å². The SMILES string of the molecule is CC/C=C/C[C@H](C[C@H]1CCCCN1C(=O)OCc1ccccc1)N[S@@](=O)C(C)(C)C. The molecule has 30 heavy (non-hydrogen) atoms. The molecular weight excluding hydrogens is 396 g/mol. The van der Waals surface area contributed by atoms with Gasteiger partial charge in [-0.3, -0.25) is 0 Å². The first-order valence-corrected chi connectivity index (χ1v) is 12.3. The minimum absolute atomic E-state index is 0.0559. The second-order valence-corrected chi connectivity index (χ2v) is 10.9. The first kappa shape index (κ1) is 24.6. The summed E-state index contributed by atoms with van der Waals surface area (Å²) in [6, 6.07) is 9.93. The summed E-state index contributed by atoms with van der Waals surface area (Å²) in [5, 5.41) is 0. The number of allylic oxidation sites excluding steroid dienone is 1. The molecule has 0 bridgehead atoms. The lowest BCUT2D eigenvalue weighted by Gasteiger charge is -2.37. The Labute approximate surface area is 184 Å². The molecule has 1 N–H and O–H groups in total. The van der Waals surface area contributed by atoms with Crippen molar-refractivity contribution >= 4 is 17.1 Å². The van der Waals surface area contributed by atoms with E-state index in [1.807, 2.05) is 56.0 Å². The molecule has 1 amide bonds. The number of piperidine rings is 1. The van der Waals surface area contributed by atoms with E-state index in [9.17, 15) is 9.00 Å². The van der Waals surface area contributed by atoms with Crippen molar-refractivity contribution in [1.82, 2.24) is 9.62 Å². The Morgan fingerprint density at radius 2 is 2.00 bits per heavy atom. The van der Waals surface area contributed by atoms with Crippen molar-refractivity contribution in [3.05, 3.63) is 48.0 Å². The Morgan fingerprint density at radius 1 is 1.27 bits per heavy atom. The number of hydrogen-bond donors (Lipinski definition) is 1. The van der Waals surface area contributed by atoms with Gasteiger partial charge in [-0.25, -0.2) is 13.7 Å². The van der Waals surface area contributed by atoms with E-state index in [4.69, 9.17) is 4.74 Å². The van der Waals surface area contributed by atoms with Crippen LogP contribution in [0.15, 0.2) is 42.5 Å². The minimum Gasteiger partial charge on any atom is -0.445 e. The second kappa shape index (κ2) is 12.3. The minimum atomic E-state index is -1.15. The number of likely N-dealkylation sites (tertiary alicyclic amines) is 1. The average molecular weight is 435 g/mol. The molecule has 0 saturated carbocycles. The maximum Gasteiger partial charge on any atom is 0.410 e. The summed E-state index contributed by atoms with van der Waals surface area (Å²) in [6.45, 7) is 9.04. The van der Waals surface area contributed by atoms with Gasteiger partial charge < -0.3 is 9.64 Å². The number of nitrogens with zero attached hydrogens (tertiary/aromatic N) is 1. The van der Waals surface area contributed by atoms with E-state index >= 15 is 0 Å². The first-order chi connectivity index (χ1) is 14.3. The molecule has 1 aliphatic heterocycles. The molecule has 1 aromatic carbocycles.